The molecule has 0 spiro atoms. The van der Waals surface area contributed by atoms with Crippen molar-refractivity contribution in [2.45, 2.75) is 82.0 Å². The lowest BCUT2D eigenvalue weighted by molar-refractivity contribution is -0.152. The van der Waals surface area contributed by atoms with Crippen molar-refractivity contribution >= 4 is 86.2 Å². The Labute approximate surface area is 376 Å². The van der Waals surface area contributed by atoms with Crippen LogP contribution in [-0.2, 0) is 17.6 Å². The molecule has 2 aliphatic carbocycles. The number of carbonyl (C=O) groups is 1. The van der Waals surface area contributed by atoms with Crippen molar-refractivity contribution < 1.29 is 28.2 Å². The molecule has 0 aliphatic heterocycles. The first-order valence-corrected chi connectivity index (χ1v) is 22.0. The zero-order valence-electron chi connectivity index (χ0n) is 32.7. The summed E-state index contributed by atoms with van der Waals surface area (Å²) >= 11 is 14.6. The Kier molecular flexibility index (Phi) is 15.8. The maximum absolute atomic E-state index is 14.1. The summed E-state index contributed by atoms with van der Waals surface area (Å²) in [7, 11) is 0. The number of halogens is 5. The highest BCUT2D eigenvalue weighted by molar-refractivity contribution is 7.13. The van der Waals surface area contributed by atoms with Crippen LogP contribution in [0.25, 0.3) is 0 Å². The number of aromatic nitrogens is 4. The highest BCUT2D eigenvalue weighted by atomic mass is 35.5. The minimum absolute atomic E-state index is 0. The largest absolute Gasteiger partial charge is 0.487 e. The van der Waals surface area contributed by atoms with Gasteiger partial charge in [0, 0.05) is 52.9 Å². The molecule has 4 heterocycles. The summed E-state index contributed by atoms with van der Waals surface area (Å²) in [5.74, 6) is -0.256. The van der Waals surface area contributed by atoms with Crippen LogP contribution >= 0.6 is 58.3 Å². The summed E-state index contributed by atoms with van der Waals surface area (Å²) in [5.41, 5.74) is 7.02. The van der Waals surface area contributed by atoms with Crippen molar-refractivity contribution in [3.63, 3.8) is 0 Å². The van der Waals surface area contributed by atoms with Gasteiger partial charge in [-0.3, -0.25) is 4.79 Å². The van der Waals surface area contributed by atoms with E-state index in [1.54, 1.807) is 30.6 Å². The van der Waals surface area contributed by atoms with E-state index < -0.39 is 23.0 Å². The van der Waals surface area contributed by atoms with Crippen molar-refractivity contribution in [3.05, 3.63) is 129 Å². The van der Waals surface area contributed by atoms with E-state index in [4.69, 9.17) is 38.4 Å². The summed E-state index contributed by atoms with van der Waals surface area (Å²) in [4.78, 5) is 29.9. The van der Waals surface area contributed by atoms with Crippen LogP contribution in [0, 0.1) is 17.0 Å². The van der Waals surface area contributed by atoms with Gasteiger partial charge in [0.15, 0.2) is 33.4 Å². The lowest BCUT2D eigenvalue weighted by Crippen LogP contribution is -2.47. The molecule has 2 aromatic carbocycles. The number of nitrogens with two attached hydrogens (primary N) is 1. The van der Waals surface area contributed by atoms with Crippen molar-refractivity contribution in [2.24, 2.45) is 11.1 Å². The van der Waals surface area contributed by atoms with Crippen molar-refractivity contribution in [3.8, 4) is 11.5 Å². The molecule has 5 N–H and O–H groups in total. The monoisotopic (exact) mass is 929 g/mol. The number of ether oxygens (including phenoxy) is 2. The van der Waals surface area contributed by atoms with Crippen LogP contribution in [-0.4, -0.2) is 48.8 Å². The van der Waals surface area contributed by atoms with Crippen LogP contribution in [0.3, 0.4) is 0 Å². The van der Waals surface area contributed by atoms with Crippen LogP contribution < -0.4 is 25.8 Å². The molecule has 0 radical (unpaired) electrons. The maximum Gasteiger partial charge on any atom is 0.310 e. The number of carboxylic acids is 1. The van der Waals surface area contributed by atoms with E-state index in [9.17, 15) is 18.7 Å². The van der Waals surface area contributed by atoms with Crippen molar-refractivity contribution in [2.75, 3.05) is 10.6 Å². The second kappa shape index (κ2) is 21.0. The predicted octanol–water partition coefficient (Wildman–Crippen LogP) is 11.5. The van der Waals surface area contributed by atoms with Crippen molar-refractivity contribution in [1.82, 2.24) is 19.9 Å². The second-order valence-corrected chi connectivity index (χ2v) is 17.6. The molecule has 11 nitrogen and oxygen atoms in total. The summed E-state index contributed by atoms with van der Waals surface area (Å²) in [6.07, 6.45) is 9.07. The summed E-state index contributed by atoms with van der Waals surface area (Å²) < 4.78 is 39.8. The van der Waals surface area contributed by atoms with Crippen LogP contribution in [0.5, 0.6) is 11.5 Å². The lowest BCUT2D eigenvalue weighted by atomic mass is 9.70. The van der Waals surface area contributed by atoms with E-state index in [2.05, 4.69) is 30.6 Å². The van der Waals surface area contributed by atoms with Gasteiger partial charge < -0.3 is 30.9 Å². The summed E-state index contributed by atoms with van der Waals surface area (Å²) in [6.45, 7) is 0. The van der Waals surface area contributed by atoms with E-state index >= 15 is 0 Å². The highest BCUT2D eigenvalue weighted by Crippen LogP contribution is 2.41. The number of aliphatic carboxylic acids is 1. The Hall–Kier alpha value is -4.64. The second-order valence-electron chi connectivity index (χ2n) is 15.0. The minimum atomic E-state index is -0.931. The van der Waals surface area contributed by atoms with E-state index in [1.165, 1.54) is 40.9 Å². The molecule has 6 aromatic rings. The van der Waals surface area contributed by atoms with Gasteiger partial charge in [0.05, 0.1) is 27.7 Å². The number of carboxylic acid groups (broad SMARTS) is 1. The topological polar surface area (TPSA) is 157 Å². The van der Waals surface area contributed by atoms with E-state index in [1.807, 2.05) is 47.2 Å². The molecule has 0 atom stereocenters. The normalized spacial score (nSPS) is 20.9. The molecule has 18 heteroatoms. The van der Waals surface area contributed by atoms with E-state index in [0.717, 1.165) is 47.5 Å². The molecule has 322 valence electrons. The molecular formula is C43H44Cl3F2N7O4S2. The van der Waals surface area contributed by atoms with Gasteiger partial charge in [0.2, 0.25) is 0 Å². The fourth-order valence-corrected chi connectivity index (χ4v) is 8.89. The number of nitrogens with zero attached hydrogens (tertiary/aromatic N) is 4. The number of thiazole rings is 2. The Bertz CT molecular complexity index is 2350. The van der Waals surface area contributed by atoms with Gasteiger partial charge >= 0.3 is 5.97 Å². The van der Waals surface area contributed by atoms with Gasteiger partial charge in [-0.1, -0.05) is 47.5 Å². The molecule has 0 saturated heterocycles. The van der Waals surface area contributed by atoms with Crippen LogP contribution in [0.4, 0.5) is 30.7 Å². The van der Waals surface area contributed by atoms with Crippen LogP contribution in [0.2, 0.25) is 10.0 Å². The summed E-state index contributed by atoms with van der Waals surface area (Å²) in [5, 5.41) is 21.7. The van der Waals surface area contributed by atoms with Crippen molar-refractivity contribution in [1.29, 1.82) is 0 Å². The Balaban J connectivity index is 0.000000201. The molecule has 0 unspecified atom stereocenters. The Morgan fingerprint density at radius 3 is 1.61 bits per heavy atom. The van der Waals surface area contributed by atoms with Crippen LogP contribution in [0.1, 0.15) is 62.8 Å². The number of pyridine rings is 2. The molecule has 61 heavy (non-hydrogen) atoms. The number of nitrogens with one attached hydrogen (secondary N) is 2. The first kappa shape index (κ1) is 45.9. The van der Waals surface area contributed by atoms with Gasteiger partial charge in [-0.15, -0.1) is 35.1 Å². The zero-order valence-corrected chi connectivity index (χ0v) is 36.7. The molecule has 0 bridgehead atoms. The SMILES string of the molecule is Cl.NC1(Cc2cccc(Nc3nccs3)n2)CCC(Oc2cccc(Cl)c2F)CC1.O=C(O)C1(Cc2cccc(Nc3nccs3)n2)CCC(Oc2cccc(Cl)c2F)CC1. The minimum Gasteiger partial charge on any atom is -0.487 e. The molecule has 0 amide bonds. The zero-order chi connectivity index (χ0) is 42.1. The number of hydrogen-bond donors (Lipinski definition) is 4. The molecule has 2 saturated carbocycles. The fraction of sp³-hybridized carbons (Fsp3) is 0.326. The smallest absolute Gasteiger partial charge is 0.310 e. The lowest BCUT2D eigenvalue weighted by Gasteiger charge is -2.37. The number of rotatable bonds is 13. The quantitative estimate of drug-likeness (QED) is 0.0874. The number of anilines is 4. The van der Waals surface area contributed by atoms with E-state index in [-0.39, 0.29) is 51.7 Å². The number of hydrogen-bond acceptors (Lipinski definition) is 12. The van der Waals surface area contributed by atoms with E-state index in [0.29, 0.717) is 50.0 Å². The molecule has 2 fully saturated rings. The number of benzene rings is 2. The fourth-order valence-electron chi connectivity index (χ4n) is 7.49. The molecule has 4 aromatic heterocycles. The van der Waals surface area contributed by atoms with Gasteiger partial charge in [0.1, 0.15) is 11.6 Å². The van der Waals surface area contributed by atoms with Gasteiger partial charge in [-0.05, 0) is 99.9 Å². The average Bonchev–Trinajstić information content (AvgIpc) is 3.96. The highest BCUT2D eigenvalue weighted by Gasteiger charge is 2.43. The molecule has 8 rings (SSSR count). The third-order valence-electron chi connectivity index (χ3n) is 10.7. The predicted molar refractivity (Wildman–Crippen MR) is 239 cm³/mol. The maximum atomic E-state index is 14.1. The van der Waals surface area contributed by atoms with Crippen LogP contribution in [0.15, 0.2) is 96.0 Å². The van der Waals surface area contributed by atoms with Gasteiger partial charge in [-0.2, -0.15) is 0 Å². The first-order chi connectivity index (χ1) is 29.0. The third-order valence-corrected chi connectivity index (χ3v) is 12.7. The Morgan fingerprint density at radius 1 is 0.721 bits per heavy atom. The van der Waals surface area contributed by atoms with Gasteiger partial charge in [0.25, 0.3) is 0 Å². The molecular weight excluding hydrogens is 887 g/mol. The standard InChI is InChI=1S/C22H21ClFN3O3S.C21H22ClFN4OS.ClH/c23-16-4-2-5-17(19(16)24)30-15-7-9-22(10-8-15,20(28)29)13-14-3-1-6-18(26-14)27-21-25-11-12-31-21;22-16-4-2-5-17(19(16)23)28-15-7-9-21(24,10-8-15)13-14-3-1-6-18(26-14)27-20-25-11-12-29-20;/h1-6,11-12,15H,7-10,13H2,(H,28,29)(H,25,26,27);1-6,11-12,15H,7-10,13,24H2,(H,25,26,27);1H. The first-order valence-electron chi connectivity index (χ1n) is 19.4. The third kappa shape index (κ3) is 12.3. The molecule has 2 aliphatic rings. The average molecular weight is 931 g/mol. The summed E-state index contributed by atoms with van der Waals surface area (Å²) in [6, 6.07) is 20.8. The Morgan fingerprint density at radius 2 is 1.16 bits per heavy atom. The van der Waals surface area contributed by atoms with Gasteiger partial charge in [-0.25, -0.2) is 28.7 Å².